The molecule has 17 heavy (non-hydrogen) atoms. The van der Waals surface area contributed by atoms with Gasteiger partial charge in [0, 0.05) is 12.5 Å². The van der Waals surface area contributed by atoms with Crippen LogP contribution in [-0.4, -0.2) is 23.0 Å². The quantitative estimate of drug-likeness (QED) is 0.747. The fourth-order valence-electron chi connectivity index (χ4n) is 1.88. The lowest BCUT2D eigenvalue weighted by Crippen LogP contribution is -2.42. The molecule has 2 atom stereocenters. The number of carbonyl (C=O) groups is 2. The fraction of sp³-hybridized carbons (Fsp3) is 0.846. The maximum absolute atomic E-state index is 11.8. The van der Waals surface area contributed by atoms with E-state index in [1.165, 1.54) is 12.8 Å². The van der Waals surface area contributed by atoms with Gasteiger partial charge in [-0.15, -0.1) is 0 Å². The van der Waals surface area contributed by atoms with Gasteiger partial charge in [0.2, 0.25) is 5.91 Å². The molecule has 2 N–H and O–H groups in total. The van der Waals surface area contributed by atoms with Crippen molar-refractivity contribution in [1.29, 1.82) is 0 Å². The van der Waals surface area contributed by atoms with Crippen molar-refractivity contribution < 1.29 is 14.7 Å². The van der Waals surface area contributed by atoms with Crippen LogP contribution in [0.1, 0.15) is 47.0 Å². The van der Waals surface area contributed by atoms with Crippen molar-refractivity contribution in [1.82, 2.24) is 5.32 Å². The lowest BCUT2D eigenvalue weighted by molar-refractivity contribution is -0.153. The second kappa shape index (κ2) is 5.07. The van der Waals surface area contributed by atoms with Gasteiger partial charge in [0.1, 0.15) is 0 Å². The van der Waals surface area contributed by atoms with Gasteiger partial charge in [0.25, 0.3) is 0 Å². The Labute approximate surface area is 103 Å². The summed E-state index contributed by atoms with van der Waals surface area (Å²) in [6.45, 7) is 7.31. The summed E-state index contributed by atoms with van der Waals surface area (Å²) in [4.78, 5) is 23.1. The Morgan fingerprint density at radius 1 is 1.35 bits per heavy atom. The van der Waals surface area contributed by atoms with Crippen LogP contribution in [0.2, 0.25) is 0 Å². The molecule has 0 aliphatic heterocycles. The Morgan fingerprint density at radius 2 is 1.88 bits per heavy atom. The lowest BCUT2D eigenvalue weighted by atomic mass is 9.76. The molecule has 1 aliphatic rings. The molecule has 0 bridgehead atoms. The molecule has 0 saturated heterocycles. The third-order valence-corrected chi connectivity index (χ3v) is 4.01. The molecule has 1 amide bonds. The van der Waals surface area contributed by atoms with Gasteiger partial charge in [-0.2, -0.15) is 0 Å². The van der Waals surface area contributed by atoms with Crippen LogP contribution >= 0.6 is 0 Å². The molecule has 2 unspecified atom stereocenters. The Hall–Kier alpha value is -1.06. The van der Waals surface area contributed by atoms with E-state index in [1.807, 2.05) is 20.8 Å². The number of aliphatic carboxylic acids is 1. The SMILES string of the molecule is CC(NC(=O)CC(C)(C(=O)O)C(C)C)C1CC1. The summed E-state index contributed by atoms with van der Waals surface area (Å²) in [6, 6.07) is 0.174. The first-order valence-corrected chi connectivity index (χ1v) is 6.30. The maximum atomic E-state index is 11.8. The highest BCUT2D eigenvalue weighted by Gasteiger charge is 2.39. The van der Waals surface area contributed by atoms with Gasteiger partial charge >= 0.3 is 5.97 Å². The minimum absolute atomic E-state index is 0.0526. The molecule has 1 aliphatic carbocycles. The topological polar surface area (TPSA) is 66.4 Å². The molecule has 98 valence electrons. The zero-order valence-corrected chi connectivity index (χ0v) is 11.1. The molecule has 1 saturated carbocycles. The van der Waals surface area contributed by atoms with E-state index in [1.54, 1.807) is 6.92 Å². The molecule has 1 fully saturated rings. The lowest BCUT2D eigenvalue weighted by Gasteiger charge is -2.29. The van der Waals surface area contributed by atoms with Gasteiger partial charge in [-0.05, 0) is 38.5 Å². The number of hydrogen-bond donors (Lipinski definition) is 2. The summed E-state index contributed by atoms with van der Waals surface area (Å²) in [5, 5.41) is 12.1. The number of amides is 1. The molecule has 1 rings (SSSR count). The Kier molecular flexibility index (Phi) is 4.17. The summed E-state index contributed by atoms with van der Waals surface area (Å²) in [5.41, 5.74) is -0.979. The summed E-state index contributed by atoms with van der Waals surface area (Å²) in [7, 11) is 0. The molecule has 0 heterocycles. The minimum Gasteiger partial charge on any atom is -0.481 e. The number of carbonyl (C=O) groups excluding carboxylic acids is 1. The van der Waals surface area contributed by atoms with Crippen LogP contribution in [0.15, 0.2) is 0 Å². The van der Waals surface area contributed by atoms with Crippen LogP contribution in [0.4, 0.5) is 0 Å². The predicted octanol–water partition coefficient (Wildman–Crippen LogP) is 2.04. The molecular formula is C13H23NO3. The fourth-order valence-corrected chi connectivity index (χ4v) is 1.88. The first-order chi connectivity index (χ1) is 7.77. The van der Waals surface area contributed by atoms with Gasteiger partial charge in [0.15, 0.2) is 0 Å². The Balaban J connectivity index is 2.55. The third kappa shape index (κ3) is 3.45. The smallest absolute Gasteiger partial charge is 0.310 e. The van der Waals surface area contributed by atoms with E-state index in [9.17, 15) is 14.7 Å². The predicted molar refractivity (Wildman–Crippen MR) is 65.5 cm³/mol. The van der Waals surface area contributed by atoms with Gasteiger partial charge in [-0.1, -0.05) is 13.8 Å². The van der Waals surface area contributed by atoms with Crippen LogP contribution < -0.4 is 5.32 Å². The molecule has 4 nitrogen and oxygen atoms in total. The van der Waals surface area contributed by atoms with E-state index >= 15 is 0 Å². The number of hydrogen-bond acceptors (Lipinski definition) is 2. The van der Waals surface area contributed by atoms with Crippen molar-refractivity contribution in [3.63, 3.8) is 0 Å². The van der Waals surface area contributed by atoms with Crippen LogP contribution in [0.25, 0.3) is 0 Å². The zero-order chi connectivity index (χ0) is 13.2. The summed E-state index contributed by atoms with van der Waals surface area (Å²) in [5.74, 6) is -0.527. The minimum atomic E-state index is -0.979. The Morgan fingerprint density at radius 3 is 2.24 bits per heavy atom. The highest BCUT2D eigenvalue weighted by molar-refractivity contribution is 5.85. The molecular weight excluding hydrogens is 218 g/mol. The molecule has 0 radical (unpaired) electrons. The standard InChI is InChI=1S/C13H23NO3/c1-8(2)13(4,12(16)17)7-11(15)14-9(3)10-5-6-10/h8-10H,5-7H2,1-4H3,(H,14,15)(H,16,17). The van der Waals surface area contributed by atoms with Gasteiger partial charge < -0.3 is 10.4 Å². The van der Waals surface area contributed by atoms with Crippen molar-refractivity contribution in [3.05, 3.63) is 0 Å². The number of carboxylic acids is 1. The van der Waals surface area contributed by atoms with E-state index in [0.29, 0.717) is 5.92 Å². The first-order valence-electron chi connectivity index (χ1n) is 6.30. The second-order valence-corrected chi connectivity index (χ2v) is 5.75. The normalized spacial score (nSPS) is 20.8. The zero-order valence-electron chi connectivity index (χ0n) is 11.1. The molecule has 0 aromatic heterocycles. The summed E-state index contributed by atoms with van der Waals surface area (Å²) in [6.07, 6.45) is 2.39. The highest BCUT2D eigenvalue weighted by atomic mass is 16.4. The average Bonchev–Trinajstić information content (AvgIpc) is 2.99. The number of nitrogens with one attached hydrogen (secondary N) is 1. The molecule has 0 aromatic rings. The summed E-state index contributed by atoms with van der Waals surface area (Å²) < 4.78 is 0. The average molecular weight is 241 g/mol. The van der Waals surface area contributed by atoms with Crippen LogP contribution in [0.5, 0.6) is 0 Å². The van der Waals surface area contributed by atoms with Crippen molar-refractivity contribution in [3.8, 4) is 0 Å². The number of carboxylic acid groups (broad SMARTS) is 1. The van der Waals surface area contributed by atoms with E-state index in [0.717, 1.165) is 0 Å². The van der Waals surface area contributed by atoms with Crippen molar-refractivity contribution in [2.45, 2.75) is 53.0 Å². The van der Waals surface area contributed by atoms with E-state index < -0.39 is 11.4 Å². The Bertz CT molecular complexity index is 310. The molecule has 0 aromatic carbocycles. The number of rotatable bonds is 6. The van der Waals surface area contributed by atoms with Gasteiger partial charge in [-0.25, -0.2) is 0 Å². The van der Waals surface area contributed by atoms with Crippen molar-refractivity contribution in [2.75, 3.05) is 0 Å². The third-order valence-electron chi connectivity index (χ3n) is 4.01. The molecule has 4 heteroatoms. The van der Waals surface area contributed by atoms with Gasteiger partial charge in [-0.3, -0.25) is 9.59 Å². The highest BCUT2D eigenvalue weighted by Crippen LogP contribution is 2.34. The monoisotopic (exact) mass is 241 g/mol. The van der Waals surface area contributed by atoms with Crippen LogP contribution in [0, 0.1) is 17.3 Å². The second-order valence-electron chi connectivity index (χ2n) is 5.75. The maximum Gasteiger partial charge on any atom is 0.310 e. The van der Waals surface area contributed by atoms with Crippen LogP contribution in [0.3, 0.4) is 0 Å². The van der Waals surface area contributed by atoms with E-state index in [-0.39, 0.29) is 24.3 Å². The largest absolute Gasteiger partial charge is 0.481 e. The van der Waals surface area contributed by atoms with Gasteiger partial charge in [0.05, 0.1) is 5.41 Å². The van der Waals surface area contributed by atoms with Crippen LogP contribution in [-0.2, 0) is 9.59 Å². The first kappa shape index (κ1) is 14.0. The summed E-state index contributed by atoms with van der Waals surface area (Å²) >= 11 is 0. The van der Waals surface area contributed by atoms with E-state index in [4.69, 9.17) is 0 Å². The van der Waals surface area contributed by atoms with Crippen molar-refractivity contribution in [2.24, 2.45) is 17.3 Å². The van der Waals surface area contributed by atoms with Crippen molar-refractivity contribution >= 4 is 11.9 Å². The molecule has 0 spiro atoms. The van der Waals surface area contributed by atoms with E-state index in [2.05, 4.69) is 5.32 Å².